The zero-order valence-electron chi connectivity index (χ0n) is 14.2. The molecule has 3 unspecified atom stereocenters. The molecule has 130 valence electrons. The summed E-state index contributed by atoms with van der Waals surface area (Å²) in [5.41, 5.74) is 3.74. The Labute approximate surface area is 146 Å². The van der Waals surface area contributed by atoms with E-state index in [1.165, 1.54) is 23.0 Å². The number of aliphatic hydroxyl groups excluding tert-OH is 1. The van der Waals surface area contributed by atoms with Crippen LogP contribution in [-0.4, -0.2) is 39.7 Å². The minimum atomic E-state index is -0.524. The Hall–Kier alpha value is -2.47. The number of nitrogens with zero attached hydrogens (tertiary/aromatic N) is 3. The summed E-state index contributed by atoms with van der Waals surface area (Å²) in [6.07, 6.45) is 4.92. The van der Waals surface area contributed by atoms with Crippen molar-refractivity contribution in [2.24, 2.45) is 0 Å². The molecule has 1 aliphatic heterocycles. The first-order valence-electron chi connectivity index (χ1n) is 8.72. The molecule has 4 rings (SSSR count). The number of amides is 1. The number of carbonyl (C=O) groups is 1. The topological polar surface area (TPSA) is 78.4 Å². The summed E-state index contributed by atoms with van der Waals surface area (Å²) in [4.78, 5) is 22.9. The summed E-state index contributed by atoms with van der Waals surface area (Å²) >= 11 is 0. The molecule has 0 bridgehead atoms. The maximum absolute atomic E-state index is 12.9. The first-order valence-corrected chi connectivity index (χ1v) is 8.72. The molecule has 1 saturated heterocycles. The van der Waals surface area contributed by atoms with E-state index in [2.05, 4.69) is 40.4 Å². The number of aromatic nitrogens is 2. The maximum Gasteiger partial charge on any atom is 0.243 e. The van der Waals surface area contributed by atoms with Crippen molar-refractivity contribution >= 4 is 11.7 Å². The van der Waals surface area contributed by atoms with E-state index < -0.39 is 12.1 Å². The van der Waals surface area contributed by atoms with Crippen molar-refractivity contribution < 1.29 is 9.90 Å². The van der Waals surface area contributed by atoms with Crippen LogP contribution in [0.4, 0.5) is 5.82 Å². The number of carbonyl (C=O) groups excluding carboxylic acids is 1. The fraction of sp³-hybridized carbons (Fsp3) is 0.421. The lowest BCUT2D eigenvalue weighted by atomic mass is 10.0. The van der Waals surface area contributed by atoms with Gasteiger partial charge in [-0.25, -0.2) is 9.97 Å². The molecule has 0 radical (unpaired) electrons. The molecular formula is C19H22N4O2. The Morgan fingerprint density at radius 1 is 1.36 bits per heavy atom. The number of hydrogen-bond donors (Lipinski definition) is 2. The lowest BCUT2D eigenvalue weighted by molar-refractivity contribution is -0.123. The van der Waals surface area contributed by atoms with Crippen molar-refractivity contribution in [1.82, 2.24) is 15.3 Å². The van der Waals surface area contributed by atoms with Gasteiger partial charge in [0, 0.05) is 19.2 Å². The summed E-state index contributed by atoms with van der Waals surface area (Å²) in [7, 11) is 0. The van der Waals surface area contributed by atoms with Gasteiger partial charge >= 0.3 is 0 Å². The molecule has 6 heteroatoms. The van der Waals surface area contributed by atoms with Crippen LogP contribution in [0.15, 0.2) is 36.8 Å². The van der Waals surface area contributed by atoms with E-state index in [1.807, 2.05) is 4.90 Å². The number of aliphatic hydroxyl groups is 1. The summed E-state index contributed by atoms with van der Waals surface area (Å²) in [6, 6.07) is 7.85. The van der Waals surface area contributed by atoms with Gasteiger partial charge in [-0.15, -0.1) is 0 Å². The quantitative estimate of drug-likeness (QED) is 0.887. The molecule has 1 aliphatic carbocycles. The van der Waals surface area contributed by atoms with Gasteiger partial charge in [-0.05, 0) is 37.0 Å². The van der Waals surface area contributed by atoms with Gasteiger partial charge in [-0.1, -0.05) is 23.8 Å². The Morgan fingerprint density at radius 3 is 3.04 bits per heavy atom. The van der Waals surface area contributed by atoms with Crippen molar-refractivity contribution in [2.45, 2.75) is 44.4 Å². The number of fused-ring (bicyclic) bond motifs is 1. The molecule has 0 saturated carbocycles. The van der Waals surface area contributed by atoms with Crippen molar-refractivity contribution in [3.8, 4) is 0 Å². The largest absolute Gasteiger partial charge is 0.391 e. The van der Waals surface area contributed by atoms with Gasteiger partial charge < -0.3 is 15.3 Å². The summed E-state index contributed by atoms with van der Waals surface area (Å²) in [6.45, 7) is 2.48. The van der Waals surface area contributed by atoms with Gasteiger partial charge in [0.1, 0.15) is 18.2 Å². The molecule has 3 atom stereocenters. The van der Waals surface area contributed by atoms with Crippen molar-refractivity contribution in [3.63, 3.8) is 0 Å². The highest BCUT2D eigenvalue weighted by molar-refractivity contribution is 5.86. The maximum atomic E-state index is 12.9. The van der Waals surface area contributed by atoms with E-state index in [-0.39, 0.29) is 11.9 Å². The monoisotopic (exact) mass is 338 g/mol. The second-order valence-electron chi connectivity index (χ2n) is 6.93. The van der Waals surface area contributed by atoms with E-state index in [9.17, 15) is 9.90 Å². The van der Waals surface area contributed by atoms with Crippen LogP contribution in [0.2, 0.25) is 0 Å². The summed E-state index contributed by atoms with van der Waals surface area (Å²) < 4.78 is 0. The van der Waals surface area contributed by atoms with Gasteiger partial charge in [0.2, 0.25) is 5.91 Å². The fourth-order valence-electron chi connectivity index (χ4n) is 3.91. The Morgan fingerprint density at radius 2 is 2.24 bits per heavy atom. The highest BCUT2D eigenvalue weighted by Crippen LogP contribution is 2.32. The molecule has 2 N–H and O–H groups in total. The number of rotatable bonds is 3. The third-order valence-electron chi connectivity index (χ3n) is 5.14. The average Bonchev–Trinajstić information content (AvgIpc) is 3.19. The minimum Gasteiger partial charge on any atom is -0.391 e. The van der Waals surface area contributed by atoms with Crippen LogP contribution in [0.3, 0.4) is 0 Å². The van der Waals surface area contributed by atoms with Crippen LogP contribution in [0.25, 0.3) is 0 Å². The van der Waals surface area contributed by atoms with E-state index in [4.69, 9.17) is 0 Å². The second kappa shape index (κ2) is 6.44. The van der Waals surface area contributed by atoms with E-state index in [1.54, 1.807) is 12.3 Å². The van der Waals surface area contributed by atoms with Gasteiger partial charge in [-0.3, -0.25) is 4.79 Å². The molecule has 25 heavy (non-hydrogen) atoms. The zero-order chi connectivity index (χ0) is 17.4. The fourth-order valence-corrected chi connectivity index (χ4v) is 3.91. The third-order valence-corrected chi connectivity index (χ3v) is 5.14. The lowest BCUT2D eigenvalue weighted by Crippen LogP contribution is -2.44. The van der Waals surface area contributed by atoms with Crippen LogP contribution in [0.1, 0.15) is 35.6 Å². The minimum absolute atomic E-state index is 0.0467. The van der Waals surface area contributed by atoms with Crippen LogP contribution >= 0.6 is 0 Å². The number of benzene rings is 1. The molecular weight excluding hydrogens is 316 g/mol. The predicted molar refractivity (Wildman–Crippen MR) is 94.2 cm³/mol. The van der Waals surface area contributed by atoms with E-state index >= 15 is 0 Å². The molecule has 1 aromatic heterocycles. The summed E-state index contributed by atoms with van der Waals surface area (Å²) in [5, 5.41) is 13.3. The first-order chi connectivity index (χ1) is 12.1. The van der Waals surface area contributed by atoms with Crippen molar-refractivity contribution in [1.29, 1.82) is 0 Å². The molecule has 1 fully saturated rings. The predicted octanol–water partition coefficient (Wildman–Crippen LogP) is 1.53. The number of nitrogens with one attached hydrogen (secondary N) is 1. The number of anilines is 1. The molecule has 2 aliphatic rings. The van der Waals surface area contributed by atoms with Crippen molar-refractivity contribution in [2.75, 3.05) is 11.4 Å². The second-order valence-corrected chi connectivity index (χ2v) is 6.93. The number of aryl methyl sites for hydroxylation is 2. The Balaban J connectivity index is 1.52. The molecule has 2 heterocycles. The Kier molecular flexibility index (Phi) is 4.13. The highest BCUT2D eigenvalue weighted by Gasteiger charge is 2.38. The lowest BCUT2D eigenvalue weighted by Gasteiger charge is -2.26. The normalized spacial score (nSPS) is 25.0. The van der Waals surface area contributed by atoms with Gasteiger partial charge in [0.25, 0.3) is 0 Å². The first kappa shape index (κ1) is 16.0. The molecule has 1 aromatic carbocycles. The SMILES string of the molecule is Cc1ccc2c(c1)C(NC(=O)C1CC(O)CN1c1ccncn1)CC2. The molecule has 1 amide bonds. The Bertz CT molecular complexity index is 780. The smallest absolute Gasteiger partial charge is 0.243 e. The van der Waals surface area contributed by atoms with E-state index in [0.29, 0.717) is 18.8 Å². The van der Waals surface area contributed by atoms with Crippen molar-refractivity contribution in [3.05, 3.63) is 53.5 Å². The molecule has 0 spiro atoms. The highest BCUT2D eigenvalue weighted by atomic mass is 16.3. The number of β-amino-alcohol motifs (C(OH)–C–C–N with tert-alkyl or cyclic N) is 1. The number of hydrogen-bond acceptors (Lipinski definition) is 5. The van der Waals surface area contributed by atoms with Crippen LogP contribution in [0, 0.1) is 6.92 Å². The summed E-state index contributed by atoms with van der Waals surface area (Å²) in [5.74, 6) is 0.629. The van der Waals surface area contributed by atoms with Crippen LogP contribution in [-0.2, 0) is 11.2 Å². The average molecular weight is 338 g/mol. The van der Waals surface area contributed by atoms with E-state index in [0.717, 1.165) is 12.8 Å². The van der Waals surface area contributed by atoms with Crippen LogP contribution < -0.4 is 10.2 Å². The van der Waals surface area contributed by atoms with Gasteiger partial charge in [-0.2, -0.15) is 0 Å². The van der Waals surface area contributed by atoms with Crippen LogP contribution in [0.5, 0.6) is 0 Å². The molecule has 2 aromatic rings. The standard InChI is InChI=1S/C19H22N4O2/c1-12-2-3-13-4-5-16(15(13)8-12)22-19(25)17-9-14(24)10-23(17)18-6-7-20-11-21-18/h2-3,6-8,11,14,16-17,24H,4-5,9-10H2,1H3,(H,22,25). The zero-order valence-corrected chi connectivity index (χ0v) is 14.2. The third kappa shape index (κ3) is 3.09. The van der Waals surface area contributed by atoms with Gasteiger partial charge in [0.05, 0.1) is 12.1 Å². The molecule has 6 nitrogen and oxygen atoms in total. The van der Waals surface area contributed by atoms with Gasteiger partial charge in [0.15, 0.2) is 0 Å².